The monoisotopic (exact) mass is 261 g/mol. The Morgan fingerprint density at radius 1 is 1.37 bits per heavy atom. The molecule has 104 valence electrons. The van der Waals surface area contributed by atoms with E-state index in [2.05, 4.69) is 22.5 Å². The van der Waals surface area contributed by atoms with Crippen LogP contribution in [0.2, 0.25) is 0 Å². The van der Waals surface area contributed by atoms with Crippen LogP contribution >= 0.6 is 0 Å². The first-order chi connectivity index (χ1) is 9.17. The van der Waals surface area contributed by atoms with Crippen LogP contribution in [-0.4, -0.2) is 23.5 Å². The zero-order valence-electron chi connectivity index (χ0n) is 12.0. The second kappa shape index (κ2) is 6.04. The fourth-order valence-corrected chi connectivity index (χ4v) is 2.30. The zero-order valence-corrected chi connectivity index (χ0v) is 12.0. The van der Waals surface area contributed by atoms with Gasteiger partial charge in [0.1, 0.15) is 5.82 Å². The molecule has 1 heterocycles. The highest BCUT2D eigenvalue weighted by molar-refractivity contribution is 5.95. The van der Waals surface area contributed by atoms with E-state index in [1.165, 1.54) is 0 Å². The SMILES string of the molecule is CCNc1cc(C(=O)NC2CC2CC)cc(CC)n1. The minimum Gasteiger partial charge on any atom is -0.370 e. The molecule has 4 nitrogen and oxygen atoms in total. The van der Waals surface area contributed by atoms with Crippen LogP contribution < -0.4 is 10.6 Å². The minimum absolute atomic E-state index is 0.0252. The first-order valence-corrected chi connectivity index (χ1v) is 7.23. The van der Waals surface area contributed by atoms with Crippen molar-refractivity contribution in [3.8, 4) is 0 Å². The Hall–Kier alpha value is -1.58. The standard InChI is InChI=1S/C15H23N3O/c1-4-10-8-13(10)18-15(19)11-7-12(5-2)17-14(9-11)16-6-3/h7,9-10,13H,4-6,8H2,1-3H3,(H,16,17)(H,18,19). The van der Waals surface area contributed by atoms with Crippen molar-refractivity contribution in [2.45, 2.75) is 46.1 Å². The van der Waals surface area contributed by atoms with Gasteiger partial charge in [0.2, 0.25) is 0 Å². The van der Waals surface area contributed by atoms with Crippen LogP contribution in [0.1, 0.15) is 49.7 Å². The Morgan fingerprint density at radius 2 is 2.16 bits per heavy atom. The lowest BCUT2D eigenvalue weighted by molar-refractivity contribution is 0.0949. The van der Waals surface area contributed by atoms with Crippen molar-refractivity contribution in [3.05, 3.63) is 23.4 Å². The highest BCUT2D eigenvalue weighted by atomic mass is 16.1. The molecule has 2 N–H and O–H groups in total. The second-order valence-electron chi connectivity index (χ2n) is 5.10. The summed E-state index contributed by atoms with van der Waals surface area (Å²) in [6.45, 7) is 7.05. The van der Waals surface area contributed by atoms with Gasteiger partial charge in [-0.3, -0.25) is 4.79 Å². The molecule has 1 saturated carbocycles. The molecule has 1 aromatic rings. The van der Waals surface area contributed by atoms with Crippen LogP contribution in [0.5, 0.6) is 0 Å². The summed E-state index contributed by atoms with van der Waals surface area (Å²) in [5.41, 5.74) is 1.66. The third kappa shape index (κ3) is 3.46. The summed E-state index contributed by atoms with van der Waals surface area (Å²) in [6, 6.07) is 4.10. The molecule has 1 aliphatic rings. The largest absolute Gasteiger partial charge is 0.370 e. The van der Waals surface area contributed by atoms with E-state index >= 15 is 0 Å². The minimum atomic E-state index is 0.0252. The van der Waals surface area contributed by atoms with Crippen LogP contribution in [0.15, 0.2) is 12.1 Å². The van der Waals surface area contributed by atoms with E-state index < -0.39 is 0 Å². The van der Waals surface area contributed by atoms with Gasteiger partial charge in [0.05, 0.1) is 0 Å². The first-order valence-electron chi connectivity index (χ1n) is 7.23. The number of amides is 1. The Bertz CT molecular complexity index is 459. The molecule has 1 fully saturated rings. The van der Waals surface area contributed by atoms with Gasteiger partial charge in [-0.15, -0.1) is 0 Å². The average Bonchev–Trinajstić information content (AvgIpc) is 3.17. The Morgan fingerprint density at radius 3 is 2.74 bits per heavy atom. The van der Waals surface area contributed by atoms with E-state index in [0.29, 0.717) is 17.5 Å². The Balaban J connectivity index is 2.09. The van der Waals surface area contributed by atoms with E-state index in [-0.39, 0.29) is 5.91 Å². The maximum absolute atomic E-state index is 12.2. The summed E-state index contributed by atoms with van der Waals surface area (Å²) >= 11 is 0. The van der Waals surface area contributed by atoms with E-state index in [4.69, 9.17) is 0 Å². The normalized spacial score (nSPS) is 21.0. The van der Waals surface area contributed by atoms with E-state index in [1.54, 1.807) is 0 Å². The molecule has 0 bridgehead atoms. The molecule has 2 rings (SSSR count). The van der Waals surface area contributed by atoms with E-state index in [0.717, 1.165) is 37.3 Å². The van der Waals surface area contributed by atoms with Crippen LogP contribution in [0.4, 0.5) is 5.82 Å². The quantitative estimate of drug-likeness (QED) is 0.827. The van der Waals surface area contributed by atoms with Crippen molar-refractivity contribution in [1.29, 1.82) is 0 Å². The number of aryl methyl sites for hydroxylation is 1. The van der Waals surface area contributed by atoms with Gasteiger partial charge in [-0.05, 0) is 37.8 Å². The Kier molecular flexibility index (Phi) is 4.40. The first kappa shape index (κ1) is 13.8. The lowest BCUT2D eigenvalue weighted by Crippen LogP contribution is -2.27. The molecular weight excluding hydrogens is 238 g/mol. The number of hydrogen-bond donors (Lipinski definition) is 2. The summed E-state index contributed by atoms with van der Waals surface area (Å²) in [5, 5.41) is 6.27. The average molecular weight is 261 g/mol. The van der Waals surface area contributed by atoms with E-state index in [9.17, 15) is 4.79 Å². The van der Waals surface area contributed by atoms with Crippen LogP contribution in [0.25, 0.3) is 0 Å². The molecule has 4 heteroatoms. The second-order valence-corrected chi connectivity index (χ2v) is 5.10. The number of hydrogen-bond acceptors (Lipinski definition) is 3. The van der Waals surface area contributed by atoms with Crippen molar-refractivity contribution < 1.29 is 4.79 Å². The van der Waals surface area contributed by atoms with Gasteiger partial charge in [0, 0.05) is 23.8 Å². The van der Waals surface area contributed by atoms with Crippen molar-refractivity contribution in [2.75, 3.05) is 11.9 Å². The van der Waals surface area contributed by atoms with Gasteiger partial charge in [-0.2, -0.15) is 0 Å². The summed E-state index contributed by atoms with van der Waals surface area (Å²) in [4.78, 5) is 16.7. The van der Waals surface area contributed by atoms with Gasteiger partial charge in [0.15, 0.2) is 0 Å². The van der Waals surface area contributed by atoms with Crippen molar-refractivity contribution in [1.82, 2.24) is 10.3 Å². The molecule has 0 radical (unpaired) electrons. The van der Waals surface area contributed by atoms with Gasteiger partial charge in [0.25, 0.3) is 5.91 Å². The van der Waals surface area contributed by atoms with Gasteiger partial charge >= 0.3 is 0 Å². The van der Waals surface area contributed by atoms with Crippen molar-refractivity contribution in [3.63, 3.8) is 0 Å². The number of pyridine rings is 1. The third-order valence-corrected chi connectivity index (χ3v) is 3.62. The fourth-order valence-electron chi connectivity index (χ4n) is 2.30. The number of carbonyl (C=O) groups excluding carboxylic acids is 1. The maximum Gasteiger partial charge on any atom is 0.251 e. The molecule has 0 saturated heterocycles. The lowest BCUT2D eigenvalue weighted by Gasteiger charge is -2.09. The van der Waals surface area contributed by atoms with Crippen LogP contribution in [-0.2, 0) is 6.42 Å². The number of nitrogens with zero attached hydrogens (tertiary/aromatic N) is 1. The highest BCUT2D eigenvalue weighted by Crippen LogP contribution is 2.33. The molecule has 0 spiro atoms. The molecule has 2 unspecified atom stereocenters. The summed E-state index contributed by atoms with van der Waals surface area (Å²) in [6.07, 6.45) is 3.10. The van der Waals surface area contributed by atoms with Crippen LogP contribution in [0.3, 0.4) is 0 Å². The summed E-state index contributed by atoms with van der Waals surface area (Å²) in [5.74, 6) is 1.48. The molecule has 1 aliphatic carbocycles. The number of aromatic nitrogens is 1. The topological polar surface area (TPSA) is 54.0 Å². The highest BCUT2D eigenvalue weighted by Gasteiger charge is 2.36. The number of rotatable bonds is 6. The molecule has 0 aromatic carbocycles. The molecule has 1 amide bonds. The predicted molar refractivity (Wildman–Crippen MR) is 77.4 cm³/mol. The van der Waals surface area contributed by atoms with Gasteiger partial charge < -0.3 is 10.6 Å². The number of anilines is 1. The molecule has 19 heavy (non-hydrogen) atoms. The fraction of sp³-hybridized carbons (Fsp3) is 0.600. The van der Waals surface area contributed by atoms with Crippen LogP contribution in [0, 0.1) is 5.92 Å². The van der Waals surface area contributed by atoms with Gasteiger partial charge in [-0.25, -0.2) is 4.98 Å². The number of carbonyl (C=O) groups is 1. The van der Waals surface area contributed by atoms with Crippen molar-refractivity contribution in [2.24, 2.45) is 5.92 Å². The molecule has 2 atom stereocenters. The van der Waals surface area contributed by atoms with Crippen molar-refractivity contribution >= 4 is 11.7 Å². The van der Waals surface area contributed by atoms with Gasteiger partial charge in [-0.1, -0.05) is 20.3 Å². The number of nitrogens with one attached hydrogen (secondary N) is 2. The maximum atomic E-state index is 12.2. The molecule has 0 aliphatic heterocycles. The smallest absolute Gasteiger partial charge is 0.251 e. The summed E-state index contributed by atoms with van der Waals surface area (Å²) < 4.78 is 0. The van der Waals surface area contributed by atoms with E-state index in [1.807, 2.05) is 26.0 Å². The molecular formula is C15H23N3O. The Labute approximate surface area is 115 Å². The zero-order chi connectivity index (χ0) is 13.8. The molecule has 1 aromatic heterocycles. The third-order valence-electron chi connectivity index (χ3n) is 3.62. The summed E-state index contributed by atoms with van der Waals surface area (Å²) in [7, 11) is 0. The predicted octanol–water partition coefficient (Wildman–Crippen LogP) is 2.60. The lowest BCUT2D eigenvalue weighted by atomic mass is 10.1.